The average Bonchev–Trinajstić information content (AvgIpc) is 2.77. The number of nitrogen functional groups attached to an aromatic ring is 1. The highest BCUT2D eigenvalue weighted by Gasteiger charge is 2.15. The van der Waals surface area contributed by atoms with Gasteiger partial charge in [-0.15, -0.1) is 0 Å². The van der Waals surface area contributed by atoms with Crippen LogP contribution in [0.4, 0.5) is 10.2 Å². The first kappa shape index (κ1) is 10.9. The van der Waals surface area contributed by atoms with Crippen LogP contribution >= 0.6 is 11.3 Å². The fraction of sp³-hybridized carbons (Fsp3) is 0. The Bertz CT molecular complexity index is 797. The minimum Gasteiger partial charge on any atom is -0.478 e. The van der Waals surface area contributed by atoms with Gasteiger partial charge < -0.3 is 10.8 Å². The van der Waals surface area contributed by atoms with Crippen LogP contribution in [-0.2, 0) is 0 Å². The molecule has 0 unspecified atom stereocenters. The number of halogens is 1. The fourth-order valence-corrected chi connectivity index (χ4v) is 2.77. The molecule has 3 N–H and O–H groups in total. The van der Waals surface area contributed by atoms with Gasteiger partial charge in [0.05, 0.1) is 11.1 Å². The molecular formula is C12H7FN2O2S. The fourth-order valence-electron chi connectivity index (χ4n) is 1.93. The molecule has 90 valence electrons. The second-order valence-electron chi connectivity index (χ2n) is 3.85. The van der Waals surface area contributed by atoms with Crippen molar-refractivity contribution >= 4 is 44.8 Å². The van der Waals surface area contributed by atoms with Gasteiger partial charge in [0, 0.05) is 27.6 Å². The Morgan fingerprint density at radius 3 is 2.72 bits per heavy atom. The Hall–Kier alpha value is -2.21. The molecule has 1 aromatic carbocycles. The predicted molar refractivity (Wildman–Crippen MR) is 68.5 cm³/mol. The maximum atomic E-state index is 13.6. The summed E-state index contributed by atoms with van der Waals surface area (Å²) < 4.78 is 13.6. The molecule has 0 aliphatic rings. The number of aromatic carboxylic acids is 1. The number of hydrogen-bond donors (Lipinski definition) is 2. The molecule has 0 fully saturated rings. The molecule has 0 radical (unpaired) electrons. The molecule has 18 heavy (non-hydrogen) atoms. The zero-order valence-corrected chi connectivity index (χ0v) is 9.79. The standard InChI is InChI=1S/C12H7FN2O2S/c13-9-2-10-5(1-6(9)12(16)17)7-3-18-4-8(7)11(14)15-10/h1-4H,(H2,14,15)(H,16,17). The van der Waals surface area contributed by atoms with Crippen molar-refractivity contribution in [3.8, 4) is 0 Å². The number of carboxylic acids is 1. The molecule has 0 aliphatic heterocycles. The molecule has 6 heteroatoms. The summed E-state index contributed by atoms with van der Waals surface area (Å²) in [4.78, 5) is 15.0. The van der Waals surface area contributed by atoms with Crippen molar-refractivity contribution in [2.75, 3.05) is 5.73 Å². The predicted octanol–water partition coefficient (Wildman–Crippen LogP) is 2.87. The number of benzene rings is 1. The lowest BCUT2D eigenvalue weighted by Gasteiger charge is -2.05. The van der Waals surface area contributed by atoms with Crippen molar-refractivity contribution in [3.05, 3.63) is 34.3 Å². The van der Waals surface area contributed by atoms with Crippen molar-refractivity contribution in [2.24, 2.45) is 0 Å². The lowest BCUT2D eigenvalue weighted by Crippen LogP contribution is -2.01. The zero-order chi connectivity index (χ0) is 12.9. The summed E-state index contributed by atoms with van der Waals surface area (Å²) in [5, 5.41) is 14.8. The van der Waals surface area contributed by atoms with Gasteiger partial charge in [-0.25, -0.2) is 14.2 Å². The molecule has 2 aromatic heterocycles. The summed E-state index contributed by atoms with van der Waals surface area (Å²) in [7, 11) is 0. The van der Waals surface area contributed by atoms with E-state index in [1.807, 2.05) is 10.8 Å². The van der Waals surface area contributed by atoms with Crippen LogP contribution in [0.25, 0.3) is 21.7 Å². The summed E-state index contributed by atoms with van der Waals surface area (Å²) in [5.74, 6) is -1.78. The summed E-state index contributed by atoms with van der Waals surface area (Å²) in [6.45, 7) is 0. The second kappa shape index (κ2) is 3.64. The van der Waals surface area contributed by atoms with Crippen LogP contribution in [0.5, 0.6) is 0 Å². The average molecular weight is 262 g/mol. The highest BCUT2D eigenvalue weighted by atomic mass is 32.1. The summed E-state index contributed by atoms with van der Waals surface area (Å²) >= 11 is 1.44. The largest absolute Gasteiger partial charge is 0.478 e. The summed E-state index contributed by atoms with van der Waals surface area (Å²) in [5.41, 5.74) is 5.77. The van der Waals surface area contributed by atoms with Crippen molar-refractivity contribution < 1.29 is 14.3 Å². The third-order valence-corrected chi connectivity index (χ3v) is 3.53. The lowest BCUT2D eigenvalue weighted by atomic mass is 10.1. The molecule has 0 aliphatic carbocycles. The van der Waals surface area contributed by atoms with E-state index in [9.17, 15) is 9.18 Å². The molecule has 3 aromatic rings. The van der Waals surface area contributed by atoms with Gasteiger partial charge in [-0.1, -0.05) is 0 Å². The molecule has 0 saturated heterocycles. The summed E-state index contributed by atoms with van der Waals surface area (Å²) in [6, 6.07) is 2.40. The van der Waals surface area contributed by atoms with Crippen LogP contribution in [0.3, 0.4) is 0 Å². The minimum absolute atomic E-state index is 0.321. The van der Waals surface area contributed by atoms with Gasteiger partial charge in [0.1, 0.15) is 11.6 Å². The Morgan fingerprint density at radius 1 is 1.28 bits per heavy atom. The number of nitrogens with zero attached hydrogens (tertiary/aromatic N) is 1. The van der Waals surface area contributed by atoms with E-state index >= 15 is 0 Å². The van der Waals surface area contributed by atoms with Crippen LogP contribution in [0.1, 0.15) is 10.4 Å². The van der Waals surface area contributed by atoms with Gasteiger partial charge in [-0.2, -0.15) is 11.3 Å². The number of anilines is 1. The van der Waals surface area contributed by atoms with Crippen LogP contribution in [-0.4, -0.2) is 16.1 Å². The first-order valence-corrected chi connectivity index (χ1v) is 6.00. The Labute approximate surface area is 104 Å². The maximum absolute atomic E-state index is 13.6. The zero-order valence-electron chi connectivity index (χ0n) is 8.98. The van der Waals surface area contributed by atoms with Crippen molar-refractivity contribution in [2.45, 2.75) is 0 Å². The Kier molecular flexibility index (Phi) is 2.21. The van der Waals surface area contributed by atoms with Crippen molar-refractivity contribution in [1.82, 2.24) is 4.98 Å². The van der Waals surface area contributed by atoms with Crippen molar-refractivity contribution in [3.63, 3.8) is 0 Å². The smallest absolute Gasteiger partial charge is 0.338 e. The van der Waals surface area contributed by atoms with Crippen LogP contribution in [0, 0.1) is 5.82 Å². The molecule has 2 heterocycles. The van der Waals surface area contributed by atoms with E-state index in [1.165, 1.54) is 17.4 Å². The number of pyridine rings is 1. The number of hydrogen-bond acceptors (Lipinski definition) is 4. The monoisotopic (exact) mass is 262 g/mol. The van der Waals surface area contributed by atoms with Crippen LogP contribution < -0.4 is 5.73 Å². The van der Waals surface area contributed by atoms with E-state index in [-0.39, 0.29) is 5.56 Å². The first-order valence-electron chi connectivity index (χ1n) is 5.06. The second-order valence-corrected chi connectivity index (χ2v) is 4.59. The van der Waals surface area contributed by atoms with Crippen LogP contribution in [0.15, 0.2) is 22.9 Å². The molecule has 0 atom stereocenters. The quantitative estimate of drug-likeness (QED) is 0.707. The number of nitrogens with two attached hydrogens (primary N) is 1. The van der Waals surface area contributed by atoms with Gasteiger partial charge in [0.2, 0.25) is 0 Å². The van der Waals surface area contributed by atoms with E-state index in [2.05, 4.69) is 4.98 Å². The highest BCUT2D eigenvalue weighted by molar-refractivity contribution is 7.09. The number of thiophene rings is 1. The molecule has 4 nitrogen and oxygen atoms in total. The van der Waals surface area contributed by atoms with E-state index in [4.69, 9.17) is 10.8 Å². The number of carboxylic acid groups (broad SMARTS) is 1. The normalized spacial score (nSPS) is 11.2. The first-order chi connectivity index (χ1) is 8.58. The molecule has 3 rings (SSSR count). The lowest BCUT2D eigenvalue weighted by molar-refractivity contribution is 0.0692. The maximum Gasteiger partial charge on any atom is 0.338 e. The third-order valence-electron chi connectivity index (χ3n) is 2.78. The van der Waals surface area contributed by atoms with E-state index in [0.29, 0.717) is 16.7 Å². The number of aromatic nitrogens is 1. The number of carbonyl (C=O) groups is 1. The van der Waals surface area contributed by atoms with Gasteiger partial charge in [-0.3, -0.25) is 0 Å². The molecule has 0 saturated carbocycles. The van der Waals surface area contributed by atoms with Gasteiger partial charge in [-0.05, 0) is 11.4 Å². The van der Waals surface area contributed by atoms with E-state index in [0.717, 1.165) is 16.8 Å². The third kappa shape index (κ3) is 1.42. The van der Waals surface area contributed by atoms with E-state index in [1.54, 1.807) is 0 Å². The summed E-state index contributed by atoms with van der Waals surface area (Å²) in [6.07, 6.45) is 0. The number of fused-ring (bicyclic) bond motifs is 3. The molecular weight excluding hydrogens is 255 g/mol. The van der Waals surface area contributed by atoms with Crippen molar-refractivity contribution in [1.29, 1.82) is 0 Å². The Morgan fingerprint density at radius 2 is 2.00 bits per heavy atom. The molecule has 0 amide bonds. The number of rotatable bonds is 1. The molecule has 0 spiro atoms. The molecule has 0 bridgehead atoms. The highest BCUT2D eigenvalue weighted by Crippen LogP contribution is 2.32. The van der Waals surface area contributed by atoms with Crippen LogP contribution in [0.2, 0.25) is 0 Å². The minimum atomic E-state index is -1.30. The SMILES string of the molecule is Nc1nc2cc(F)c(C(=O)O)cc2c2cscc12. The topological polar surface area (TPSA) is 76.2 Å². The Balaban J connectivity index is 2.52. The van der Waals surface area contributed by atoms with Gasteiger partial charge >= 0.3 is 5.97 Å². The van der Waals surface area contributed by atoms with Gasteiger partial charge in [0.25, 0.3) is 0 Å². The van der Waals surface area contributed by atoms with E-state index < -0.39 is 11.8 Å². The van der Waals surface area contributed by atoms with Gasteiger partial charge in [0.15, 0.2) is 0 Å².